The zero-order valence-corrected chi connectivity index (χ0v) is 10.9. The first kappa shape index (κ1) is 11.5. The molecular weight excluding hydrogens is 222 g/mol. The molecular formula is C15H19N3. The van der Waals surface area contributed by atoms with Crippen LogP contribution in [-0.4, -0.2) is 15.6 Å². The van der Waals surface area contributed by atoms with Crippen molar-refractivity contribution in [1.29, 1.82) is 0 Å². The Morgan fingerprint density at radius 1 is 1.28 bits per heavy atom. The molecule has 2 heterocycles. The van der Waals surface area contributed by atoms with Gasteiger partial charge in [0.25, 0.3) is 0 Å². The van der Waals surface area contributed by atoms with Crippen LogP contribution in [0.1, 0.15) is 30.7 Å². The molecule has 2 unspecified atom stereocenters. The Kier molecular flexibility index (Phi) is 2.71. The smallest absolute Gasteiger partial charge is 0.112 e. The third-order valence-electron chi connectivity index (χ3n) is 3.68. The molecule has 3 nitrogen and oxygen atoms in total. The Balaban J connectivity index is 2.00. The van der Waals surface area contributed by atoms with Crippen LogP contribution in [-0.2, 0) is 6.54 Å². The second-order valence-corrected chi connectivity index (χ2v) is 5.40. The Morgan fingerprint density at radius 2 is 2.00 bits per heavy atom. The predicted molar refractivity (Wildman–Crippen MR) is 73.4 cm³/mol. The van der Waals surface area contributed by atoms with Gasteiger partial charge in [-0.1, -0.05) is 36.8 Å². The first-order chi connectivity index (χ1) is 8.63. The molecule has 0 amide bonds. The van der Waals surface area contributed by atoms with E-state index in [4.69, 9.17) is 10.7 Å². The van der Waals surface area contributed by atoms with Crippen LogP contribution in [0.5, 0.6) is 0 Å². The number of nitrogens with two attached hydrogens (primary N) is 1. The largest absolute Gasteiger partial charge is 0.332 e. The molecule has 0 fully saturated rings. The SMILES string of the molecule is Cc1ccc(-c2cn3c(n2)C(C)CC(N)C3)cc1. The first-order valence-electron chi connectivity index (χ1n) is 6.53. The summed E-state index contributed by atoms with van der Waals surface area (Å²) in [5.41, 5.74) is 9.58. The highest BCUT2D eigenvalue weighted by Gasteiger charge is 2.24. The standard InChI is InChI=1S/C15H19N3/c1-10-3-5-12(6-4-10)14-9-18-8-13(16)7-11(2)15(18)17-14/h3-6,9,11,13H,7-8,16H2,1-2H3. The van der Waals surface area contributed by atoms with Gasteiger partial charge < -0.3 is 10.3 Å². The van der Waals surface area contributed by atoms with E-state index < -0.39 is 0 Å². The molecule has 2 atom stereocenters. The van der Waals surface area contributed by atoms with Gasteiger partial charge in [-0.3, -0.25) is 0 Å². The number of fused-ring (bicyclic) bond motifs is 1. The van der Waals surface area contributed by atoms with Crippen molar-refractivity contribution in [2.75, 3.05) is 0 Å². The minimum atomic E-state index is 0.257. The van der Waals surface area contributed by atoms with Gasteiger partial charge >= 0.3 is 0 Å². The maximum atomic E-state index is 6.06. The van der Waals surface area contributed by atoms with Gasteiger partial charge in [0.05, 0.1) is 5.69 Å². The van der Waals surface area contributed by atoms with E-state index in [9.17, 15) is 0 Å². The van der Waals surface area contributed by atoms with Gasteiger partial charge in [0, 0.05) is 30.3 Å². The fourth-order valence-electron chi connectivity index (χ4n) is 2.72. The van der Waals surface area contributed by atoms with Gasteiger partial charge in [-0.05, 0) is 13.3 Å². The van der Waals surface area contributed by atoms with Crippen molar-refractivity contribution in [2.45, 2.75) is 38.8 Å². The second kappa shape index (κ2) is 4.25. The predicted octanol–water partition coefficient (Wildman–Crippen LogP) is 2.69. The normalized spacial score (nSPS) is 22.8. The van der Waals surface area contributed by atoms with Crippen LogP contribution in [0.25, 0.3) is 11.3 Å². The molecule has 2 aromatic rings. The number of benzene rings is 1. The van der Waals surface area contributed by atoms with Gasteiger partial charge in [-0.15, -0.1) is 0 Å². The molecule has 94 valence electrons. The van der Waals surface area contributed by atoms with Gasteiger partial charge in [-0.2, -0.15) is 0 Å². The highest BCUT2D eigenvalue weighted by atomic mass is 15.1. The summed E-state index contributed by atoms with van der Waals surface area (Å²) in [5.74, 6) is 1.63. The van der Waals surface area contributed by atoms with Crippen molar-refractivity contribution in [2.24, 2.45) is 5.73 Å². The summed E-state index contributed by atoms with van der Waals surface area (Å²) in [6.45, 7) is 5.19. The molecule has 1 aromatic carbocycles. The van der Waals surface area contributed by atoms with Crippen molar-refractivity contribution in [3.8, 4) is 11.3 Å². The average molecular weight is 241 g/mol. The highest BCUT2D eigenvalue weighted by Crippen LogP contribution is 2.29. The van der Waals surface area contributed by atoms with Crippen LogP contribution in [0.3, 0.4) is 0 Å². The van der Waals surface area contributed by atoms with Crippen molar-refractivity contribution < 1.29 is 0 Å². The van der Waals surface area contributed by atoms with Crippen LogP contribution in [0, 0.1) is 6.92 Å². The summed E-state index contributed by atoms with van der Waals surface area (Å²) >= 11 is 0. The minimum absolute atomic E-state index is 0.257. The molecule has 0 saturated carbocycles. The number of nitrogens with zero attached hydrogens (tertiary/aromatic N) is 2. The van der Waals surface area contributed by atoms with E-state index in [2.05, 4.69) is 48.9 Å². The number of hydrogen-bond donors (Lipinski definition) is 1. The third-order valence-corrected chi connectivity index (χ3v) is 3.68. The minimum Gasteiger partial charge on any atom is -0.332 e. The number of imidazole rings is 1. The van der Waals surface area contributed by atoms with Crippen molar-refractivity contribution >= 4 is 0 Å². The summed E-state index contributed by atoms with van der Waals surface area (Å²) in [7, 11) is 0. The first-order valence-corrected chi connectivity index (χ1v) is 6.53. The number of rotatable bonds is 1. The Bertz CT molecular complexity index is 554. The number of hydrogen-bond acceptors (Lipinski definition) is 2. The van der Waals surface area contributed by atoms with Crippen LogP contribution < -0.4 is 5.73 Å². The maximum absolute atomic E-state index is 6.06. The topological polar surface area (TPSA) is 43.8 Å². The van der Waals surface area contributed by atoms with E-state index in [0.717, 1.165) is 18.7 Å². The zero-order valence-electron chi connectivity index (χ0n) is 10.9. The van der Waals surface area contributed by atoms with Crippen molar-refractivity contribution in [1.82, 2.24) is 9.55 Å². The average Bonchev–Trinajstić information content (AvgIpc) is 2.74. The lowest BCUT2D eigenvalue weighted by Crippen LogP contribution is -2.33. The molecule has 1 aliphatic rings. The lowest BCUT2D eigenvalue weighted by Gasteiger charge is -2.25. The quantitative estimate of drug-likeness (QED) is 0.834. The number of aromatic nitrogens is 2. The molecule has 0 spiro atoms. The van der Waals surface area contributed by atoms with Gasteiger partial charge in [0.2, 0.25) is 0 Å². The molecule has 1 aromatic heterocycles. The molecule has 3 heteroatoms. The van der Waals surface area contributed by atoms with Gasteiger partial charge in [0.15, 0.2) is 0 Å². The monoisotopic (exact) mass is 241 g/mol. The van der Waals surface area contributed by atoms with Crippen LogP contribution >= 0.6 is 0 Å². The Hall–Kier alpha value is -1.61. The lowest BCUT2D eigenvalue weighted by atomic mass is 9.98. The molecule has 0 radical (unpaired) electrons. The van der Waals surface area contributed by atoms with E-state index in [1.165, 1.54) is 17.0 Å². The van der Waals surface area contributed by atoms with E-state index >= 15 is 0 Å². The van der Waals surface area contributed by atoms with Crippen molar-refractivity contribution in [3.63, 3.8) is 0 Å². The van der Waals surface area contributed by atoms with Crippen LogP contribution in [0.4, 0.5) is 0 Å². The Labute approximate surface area is 108 Å². The third kappa shape index (κ3) is 1.95. The summed E-state index contributed by atoms with van der Waals surface area (Å²) < 4.78 is 2.22. The fraction of sp³-hybridized carbons (Fsp3) is 0.400. The molecule has 0 saturated heterocycles. The number of aryl methyl sites for hydroxylation is 1. The molecule has 18 heavy (non-hydrogen) atoms. The Morgan fingerprint density at radius 3 is 2.72 bits per heavy atom. The van der Waals surface area contributed by atoms with E-state index in [1.54, 1.807) is 0 Å². The van der Waals surface area contributed by atoms with E-state index in [1.807, 2.05) is 0 Å². The van der Waals surface area contributed by atoms with Crippen LogP contribution in [0.2, 0.25) is 0 Å². The maximum Gasteiger partial charge on any atom is 0.112 e. The van der Waals surface area contributed by atoms with E-state index in [0.29, 0.717) is 5.92 Å². The lowest BCUT2D eigenvalue weighted by molar-refractivity contribution is 0.407. The summed E-state index contributed by atoms with van der Waals surface area (Å²) in [6.07, 6.45) is 3.17. The molecule has 0 aliphatic carbocycles. The summed E-state index contributed by atoms with van der Waals surface area (Å²) in [4.78, 5) is 4.77. The van der Waals surface area contributed by atoms with Crippen molar-refractivity contribution in [3.05, 3.63) is 41.9 Å². The molecule has 2 N–H and O–H groups in total. The van der Waals surface area contributed by atoms with Gasteiger partial charge in [-0.25, -0.2) is 4.98 Å². The van der Waals surface area contributed by atoms with Crippen LogP contribution in [0.15, 0.2) is 30.5 Å². The van der Waals surface area contributed by atoms with E-state index in [-0.39, 0.29) is 6.04 Å². The summed E-state index contributed by atoms with van der Waals surface area (Å²) in [5, 5.41) is 0. The fourth-order valence-corrected chi connectivity index (χ4v) is 2.72. The molecule has 1 aliphatic heterocycles. The van der Waals surface area contributed by atoms with Gasteiger partial charge in [0.1, 0.15) is 5.82 Å². The second-order valence-electron chi connectivity index (χ2n) is 5.40. The summed E-state index contributed by atoms with van der Waals surface area (Å²) in [6, 6.07) is 8.78. The highest BCUT2D eigenvalue weighted by molar-refractivity contribution is 5.59. The zero-order chi connectivity index (χ0) is 12.7. The molecule has 0 bridgehead atoms. The molecule has 3 rings (SSSR count).